The maximum Gasteiger partial charge on any atom is 0.145 e. The number of amidine groups is 1. The third-order valence-corrected chi connectivity index (χ3v) is 6.84. The van der Waals surface area contributed by atoms with Crippen LogP contribution in [0, 0.1) is 23.2 Å². The summed E-state index contributed by atoms with van der Waals surface area (Å²) in [6.07, 6.45) is 5.29. The van der Waals surface area contributed by atoms with E-state index >= 15 is 0 Å². The molecule has 4 heteroatoms. The lowest BCUT2D eigenvalue weighted by Crippen LogP contribution is -2.50. The molecule has 0 saturated heterocycles. The SMILES string of the molecule is CC#C[C@@]1(O)CC[C@@]2(Cc3ccccc3)c3ccc(OCC(=N)N)cc3CC[C@@H]2C1. The van der Waals surface area contributed by atoms with Crippen molar-refractivity contribution in [2.24, 2.45) is 11.7 Å². The summed E-state index contributed by atoms with van der Waals surface area (Å²) in [5.74, 6) is 7.20. The molecule has 2 aliphatic carbocycles. The van der Waals surface area contributed by atoms with E-state index in [4.69, 9.17) is 15.9 Å². The molecule has 0 bridgehead atoms. The van der Waals surface area contributed by atoms with Gasteiger partial charge in [-0.25, -0.2) is 0 Å². The van der Waals surface area contributed by atoms with Gasteiger partial charge in [-0.2, -0.15) is 0 Å². The predicted octanol–water partition coefficient (Wildman–Crippen LogP) is 3.98. The summed E-state index contributed by atoms with van der Waals surface area (Å²) in [7, 11) is 0. The molecule has 0 heterocycles. The highest BCUT2D eigenvalue weighted by Gasteiger charge is 2.51. The Morgan fingerprint density at radius 1 is 1.23 bits per heavy atom. The van der Waals surface area contributed by atoms with Gasteiger partial charge in [-0.3, -0.25) is 5.41 Å². The normalized spacial score (nSPS) is 27.2. The molecule has 2 aliphatic rings. The van der Waals surface area contributed by atoms with Gasteiger partial charge in [-0.1, -0.05) is 42.3 Å². The Labute approximate surface area is 179 Å². The third-order valence-electron chi connectivity index (χ3n) is 6.84. The molecular formula is C26H30N2O2. The fourth-order valence-electron chi connectivity index (χ4n) is 5.55. The molecule has 0 radical (unpaired) electrons. The van der Waals surface area contributed by atoms with Gasteiger partial charge >= 0.3 is 0 Å². The average Bonchev–Trinajstić information content (AvgIpc) is 2.73. The highest BCUT2D eigenvalue weighted by molar-refractivity contribution is 5.78. The van der Waals surface area contributed by atoms with Crippen LogP contribution in [0.4, 0.5) is 0 Å². The zero-order chi connectivity index (χ0) is 21.2. The van der Waals surface area contributed by atoms with E-state index in [1.54, 1.807) is 0 Å². The van der Waals surface area contributed by atoms with E-state index < -0.39 is 5.60 Å². The van der Waals surface area contributed by atoms with Gasteiger partial charge in [0.15, 0.2) is 0 Å². The number of aliphatic hydroxyl groups is 1. The molecule has 0 unspecified atom stereocenters. The summed E-state index contributed by atoms with van der Waals surface area (Å²) in [4.78, 5) is 0. The monoisotopic (exact) mass is 402 g/mol. The lowest BCUT2D eigenvalue weighted by Gasteiger charge is -2.52. The molecule has 4 nitrogen and oxygen atoms in total. The Kier molecular flexibility index (Phi) is 5.58. The van der Waals surface area contributed by atoms with Crippen molar-refractivity contribution in [3.8, 4) is 17.6 Å². The van der Waals surface area contributed by atoms with Crippen LogP contribution in [-0.2, 0) is 18.3 Å². The summed E-state index contributed by atoms with van der Waals surface area (Å²) >= 11 is 0. The van der Waals surface area contributed by atoms with Crippen LogP contribution < -0.4 is 10.5 Å². The minimum Gasteiger partial charge on any atom is -0.486 e. The fraction of sp³-hybridized carbons (Fsp3) is 0.423. The maximum atomic E-state index is 11.1. The summed E-state index contributed by atoms with van der Waals surface area (Å²) in [5.41, 5.74) is 8.60. The predicted molar refractivity (Wildman–Crippen MR) is 120 cm³/mol. The highest BCUT2D eigenvalue weighted by Crippen LogP contribution is 2.54. The van der Waals surface area contributed by atoms with E-state index in [0.717, 1.165) is 37.9 Å². The number of fused-ring (bicyclic) bond motifs is 3. The van der Waals surface area contributed by atoms with Crippen molar-refractivity contribution in [2.45, 2.75) is 56.5 Å². The minimum absolute atomic E-state index is 0.00427. The number of benzene rings is 2. The second kappa shape index (κ2) is 8.16. The second-order valence-electron chi connectivity index (χ2n) is 8.80. The first-order chi connectivity index (χ1) is 14.4. The summed E-state index contributed by atoms with van der Waals surface area (Å²) in [6.45, 7) is 1.92. The van der Waals surface area contributed by atoms with E-state index in [0.29, 0.717) is 12.3 Å². The lowest BCUT2D eigenvalue weighted by atomic mass is 9.52. The van der Waals surface area contributed by atoms with Crippen LogP contribution in [0.15, 0.2) is 48.5 Å². The molecule has 3 atom stereocenters. The first kappa shape index (κ1) is 20.5. The Balaban J connectivity index is 1.72. The van der Waals surface area contributed by atoms with Crippen molar-refractivity contribution < 1.29 is 9.84 Å². The number of rotatable bonds is 5. The highest BCUT2D eigenvalue weighted by atomic mass is 16.5. The van der Waals surface area contributed by atoms with Gasteiger partial charge < -0.3 is 15.6 Å². The van der Waals surface area contributed by atoms with E-state index in [9.17, 15) is 5.11 Å². The fourth-order valence-corrected chi connectivity index (χ4v) is 5.55. The van der Waals surface area contributed by atoms with E-state index in [1.807, 2.05) is 13.0 Å². The van der Waals surface area contributed by atoms with Crippen molar-refractivity contribution in [1.82, 2.24) is 0 Å². The maximum absolute atomic E-state index is 11.1. The van der Waals surface area contributed by atoms with Crippen LogP contribution >= 0.6 is 0 Å². The molecule has 0 amide bonds. The molecule has 0 spiro atoms. The van der Waals surface area contributed by atoms with Gasteiger partial charge in [-0.05, 0) is 80.2 Å². The Morgan fingerprint density at radius 2 is 2.03 bits per heavy atom. The zero-order valence-corrected chi connectivity index (χ0v) is 17.6. The summed E-state index contributed by atoms with van der Waals surface area (Å²) in [6, 6.07) is 17.0. The molecule has 4 N–H and O–H groups in total. The second-order valence-corrected chi connectivity index (χ2v) is 8.80. The number of nitrogens with two attached hydrogens (primary N) is 1. The van der Waals surface area contributed by atoms with Crippen LogP contribution in [-0.4, -0.2) is 23.2 Å². The molecule has 1 saturated carbocycles. The van der Waals surface area contributed by atoms with Gasteiger partial charge in [0.1, 0.15) is 23.8 Å². The van der Waals surface area contributed by atoms with E-state index in [-0.39, 0.29) is 17.9 Å². The molecule has 2 aromatic carbocycles. The van der Waals surface area contributed by atoms with Gasteiger partial charge in [-0.15, -0.1) is 5.92 Å². The van der Waals surface area contributed by atoms with E-state index in [1.165, 1.54) is 16.7 Å². The number of hydrogen-bond donors (Lipinski definition) is 3. The number of hydrogen-bond acceptors (Lipinski definition) is 3. The Morgan fingerprint density at radius 3 is 2.77 bits per heavy atom. The first-order valence-electron chi connectivity index (χ1n) is 10.7. The third kappa shape index (κ3) is 3.95. The molecular weight excluding hydrogens is 372 g/mol. The largest absolute Gasteiger partial charge is 0.486 e. The van der Waals surface area contributed by atoms with Gasteiger partial charge in [0.2, 0.25) is 0 Å². The first-order valence-corrected chi connectivity index (χ1v) is 10.7. The summed E-state index contributed by atoms with van der Waals surface area (Å²) in [5, 5.41) is 18.5. The van der Waals surface area contributed by atoms with Gasteiger partial charge in [0, 0.05) is 5.41 Å². The lowest BCUT2D eigenvalue weighted by molar-refractivity contribution is -0.00804. The van der Waals surface area contributed by atoms with E-state index in [2.05, 4.69) is 54.3 Å². The Bertz CT molecular complexity index is 991. The van der Waals surface area contributed by atoms with Crippen molar-refractivity contribution in [3.05, 3.63) is 65.2 Å². The zero-order valence-electron chi connectivity index (χ0n) is 17.6. The average molecular weight is 403 g/mol. The molecule has 30 heavy (non-hydrogen) atoms. The van der Waals surface area contributed by atoms with Gasteiger partial charge in [0.25, 0.3) is 0 Å². The smallest absolute Gasteiger partial charge is 0.145 e. The van der Waals surface area contributed by atoms with Crippen LogP contribution in [0.5, 0.6) is 5.75 Å². The quantitative estimate of drug-likeness (QED) is 0.402. The van der Waals surface area contributed by atoms with Crippen LogP contribution in [0.2, 0.25) is 0 Å². The molecule has 1 fully saturated rings. The minimum atomic E-state index is -0.873. The van der Waals surface area contributed by atoms with Crippen LogP contribution in [0.25, 0.3) is 0 Å². The number of ether oxygens (including phenoxy) is 1. The molecule has 2 aromatic rings. The van der Waals surface area contributed by atoms with Crippen LogP contribution in [0.1, 0.15) is 49.3 Å². The molecule has 0 aromatic heterocycles. The topological polar surface area (TPSA) is 79.3 Å². The number of nitrogens with one attached hydrogen (secondary N) is 1. The van der Waals surface area contributed by atoms with Crippen molar-refractivity contribution in [1.29, 1.82) is 5.41 Å². The van der Waals surface area contributed by atoms with Crippen molar-refractivity contribution in [3.63, 3.8) is 0 Å². The number of aryl methyl sites for hydroxylation is 1. The van der Waals surface area contributed by atoms with Crippen molar-refractivity contribution in [2.75, 3.05) is 6.61 Å². The standard InChI is InChI=1S/C26H30N2O2/c1-2-12-25(29)13-14-26(16-19-6-4-3-5-7-19)21(17-25)9-8-20-15-22(10-11-23(20)26)30-18-24(27)28/h3-7,10-11,15,21,29H,8-9,13-14,16-18H2,1H3,(H3,27,28)/t21-,25-,26+/m1/s1. The van der Waals surface area contributed by atoms with Crippen LogP contribution in [0.3, 0.4) is 0 Å². The van der Waals surface area contributed by atoms with Gasteiger partial charge in [0.05, 0.1) is 0 Å². The van der Waals surface area contributed by atoms with Crippen molar-refractivity contribution >= 4 is 5.84 Å². The Hall–Kier alpha value is -2.77. The summed E-state index contributed by atoms with van der Waals surface area (Å²) < 4.78 is 5.68. The molecule has 4 rings (SSSR count). The molecule has 156 valence electrons. The molecule has 0 aliphatic heterocycles.